The number of benzene rings is 2. The van der Waals surface area contributed by atoms with Crippen molar-refractivity contribution >= 4 is 23.4 Å². The second-order valence-electron chi connectivity index (χ2n) is 3.39. The maximum atomic E-state index is 9.60. The molecule has 0 saturated carbocycles. The molecule has 0 bridgehead atoms. The SMILES string of the molecule is Oc1ccccc1SCc1cccc(Cl)c1. The number of thioether (sulfide) groups is 1. The lowest BCUT2D eigenvalue weighted by molar-refractivity contribution is 0.462. The minimum atomic E-state index is 0.328. The van der Waals surface area contributed by atoms with Crippen LogP contribution in [-0.2, 0) is 5.75 Å². The highest BCUT2D eigenvalue weighted by atomic mass is 35.5. The number of halogens is 1. The van der Waals surface area contributed by atoms with Crippen molar-refractivity contribution in [3.63, 3.8) is 0 Å². The summed E-state index contributed by atoms with van der Waals surface area (Å²) in [4.78, 5) is 0.891. The fraction of sp³-hybridized carbons (Fsp3) is 0.0769. The van der Waals surface area contributed by atoms with Crippen LogP contribution in [0.3, 0.4) is 0 Å². The summed E-state index contributed by atoms with van der Waals surface area (Å²) in [6, 6.07) is 15.1. The smallest absolute Gasteiger partial charge is 0.129 e. The van der Waals surface area contributed by atoms with Crippen LogP contribution in [-0.4, -0.2) is 5.11 Å². The first-order valence-corrected chi connectivity index (χ1v) is 6.27. The summed E-state index contributed by atoms with van der Waals surface area (Å²) in [5.41, 5.74) is 1.15. The van der Waals surface area contributed by atoms with Crippen LogP contribution < -0.4 is 0 Å². The van der Waals surface area contributed by atoms with Crippen molar-refractivity contribution < 1.29 is 5.11 Å². The van der Waals surface area contributed by atoms with E-state index in [1.807, 2.05) is 42.5 Å². The molecule has 0 amide bonds. The molecule has 1 nitrogen and oxygen atoms in total. The number of hydrogen-bond acceptors (Lipinski definition) is 2. The van der Waals surface area contributed by atoms with Gasteiger partial charge in [0.05, 0.1) is 0 Å². The van der Waals surface area contributed by atoms with Crippen LogP contribution in [0.15, 0.2) is 53.4 Å². The molecule has 82 valence electrons. The van der Waals surface area contributed by atoms with Gasteiger partial charge in [0.15, 0.2) is 0 Å². The summed E-state index contributed by atoms with van der Waals surface area (Å²) in [6.45, 7) is 0. The lowest BCUT2D eigenvalue weighted by atomic mass is 10.2. The molecule has 0 heterocycles. The van der Waals surface area contributed by atoms with Crippen molar-refractivity contribution in [1.29, 1.82) is 0 Å². The maximum Gasteiger partial charge on any atom is 0.129 e. The molecule has 0 spiro atoms. The Morgan fingerprint density at radius 2 is 1.88 bits per heavy atom. The van der Waals surface area contributed by atoms with E-state index in [2.05, 4.69) is 0 Å². The number of para-hydroxylation sites is 1. The summed E-state index contributed by atoms with van der Waals surface area (Å²) in [7, 11) is 0. The molecule has 16 heavy (non-hydrogen) atoms. The Hall–Kier alpha value is -1.12. The third-order valence-corrected chi connectivity index (χ3v) is 3.52. The highest BCUT2D eigenvalue weighted by molar-refractivity contribution is 7.98. The zero-order chi connectivity index (χ0) is 11.4. The fourth-order valence-electron chi connectivity index (χ4n) is 1.37. The van der Waals surface area contributed by atoms with Gasteiger partial charge in [-0.2, -0.15) is 0 Å². The van der Waals surface area contributed by atoms with E-state index in [0.717, 1.165) is 21.2 Å². The first kappa shape index (κ1) is 11.4. The first-order chi connectivity index (χ1) is 7.75. The van der Waals surface area contributed by atoms with Crippen LogP contribution in [0.1, 0.15) is 5.56 Å². The molecule has 0 fully saturated rings. The second-order valence-corrected chi connectivity index (χ2v) is 4.84. The quantitative estimate of drug-likeness (QED) is 0.818. The normalized spacial score (nSPS) is 10.3. The van der Waals surface area contributed by atoms with Crippen LogP contribution in [0.5, 0.6) is 5.75 Å². The molecule has 1 N–H and O–H groups in total. The van der Waals surface area contributed by atoms with Gasteiger partial charge in [0, 0.05) is 15.7 Å². The monoisotopic (exact) mass is 250 g/mol. The van der Waals surface area contributed by atoms with E-state index in [9.17, 15) is 5.11 Å². The highest BCUT2D eigenvalue weighted by Crippen LogP contribution is 2.30. The summed E-state index contributed by atoms with van der Waals surface area (Å²) in [5.74, 6) is 1.13. The van der Waals surface area contributed by atoms with Gasteiger partial charge in [0.1, 0.15) is 5.75 Å². The van der Waals surface area contributed by atoms with Gasteiger partial charge in [-0.05, 0) is 29.8 Å². The summed E-state index contributed by atoms with van der Waals surface area (Å²) in [6.07, 6.45) is 0. The van der Waals surface area contributed by atoms with E-state index < -0.39 is 0 Å². The lowest BCUT2D eigenvalue weighted by Crippen LogP contribution is -1.80. The molecule has 0 aliphatic rings. The summed E-state index contributed by atoms with van der Waals surface area (Å²) >= 11 is 7.50. The molecule has 0 radical (unpaired) electrons. The molecule has 2 aromatic carbocycles. The average molecular weight is 251 g/mol. The van der Waals surface area contributed by atoms with E-state index in [-0.39, 0.29) is 0 Å². The third kappa shape index (κ3) is 2.94. The molecule has 0 aromatic heterocycles. The Bertz CT molecular complexity index is 485. The van der Waals surface area contributed by atoms with Gasteiger partial charge in [-0.3, -0.25) is 0 Å². The van der Waals surface area contributed by atoms with Crippen LogP contribution in [0.2, 0.25) is 5.02 Å². The van der Waals surface area contributed by atoms with Gasteiger partial charge in [0.2, 0.25) is 0 Å². The number of aromatic hydroxyl groups is 1. The molecular formula is C13H11ClOS. The predicted molar refractivity (Wildman–Crippen MR) is 69.1 cm³/mol. The molecule has 2 aromatic rings. The van der Waals surface area contributed by atoms with Crippen molar-refractivity contribution in [1.82, 2.24) is 0 Å². The number of phenols is 1. The third-order valence-electron chi connectivity index (χ3n) is 2.15. The average Bonchev–Trinajstić information content (AvgIpc) is 2.28. The van der Waals surface area contributed by atoms with E-state index in [1.165, 1.54) is 0 Å². The molecule has 0 atom stereocenters. The van der Waals surface area contributed by atoms with Gasteiger partial charge >= 0.3 is 0 Å². The van der Waals surface area contributed by atoms with E-state index in [1.54, 1.807) is 17.8 Å². The highest BCUT2D eigenvalue weighted by Gasteiger charge is 2.01. The lowest BCUT2D eigenvalue weighted by Gasteiger charge is -2.04. The van der Waals surface area contributed by atoms with Gasteiger partial charge in [0.25, 0.3) is 0 Å². The second kappa shape index (κ2) is 5.28. The number of rotatable bonds is 3. The molecule has 3 heteroatoms. The zero-order valence-electron chi connectivity index (χ0n) is 8.56. The molecule has 0 aliphatic heterocycles. The molecule has 0 saturated heterocycles. The summed E-state index contributed by atoms with van der Waals surface area (Å²) in [5, 5.41) is 10.3. The Morgan fingerprint density at radius 3 is 2.62 bits per heavy atom. The van der Waals surface area contributed by atoms with E-state index >= 15 is 0 Å². The van der Waals surface area contributed by atoms with Crippen molar-refractivity contribution in [3.05, 3.63) is 59.1 Å². The van der Waals surface area contributed by atoms with E-state index in [4.69, 9.17) is 11.6 Å². The standard InChI is InChI=1S/C13H11ClOS/c14-11-5-3-4-10(8-11)9-16-13-7-2-1-6-12(13)15/h1-8,15H,9H2. The topological polar surface area (TPSA) is 20.2 Å². The number of phenolic OH excluding ortho intramolecular Hbond substituents is 1. The molecular weight excluding hydrogens is 240 g/mol. The Labute approximate surface area is 104 Å². The van der Waals surface area contributed by atoms with Gasteiger partial charge in [-0.1, -0.05) is 35.9 Å². The van der Waals surface area contributed by atoms with Crippen LogP contribution in [0, 0.1) is 0 Å². The van der Waals surface area contributed by atoms with Crippen LogP contribution in [0.4, 0.5) is 0 Å². The van der Waals surface area contributed by atoms with Crippen molar-refractivity contribution in [3.8, 4) is 5.75 Å². The van der Waals surface area contributed by atoms with Gasteiger partial charge < -0.3 is 5.11 Å². The van der Waals surface area contributed by atoms with Crippen LogP contribution in [0.25, 0.3) is 0 Å². The Kier molecular flexibility index (Phi) is 3.75. The Balaban J connectivity index is 2.05. The van der Waals surface area contributed by atoms with Gasteiger partial charge in [-0.15, -0.1) is 11.8 Å². The first-order valence-electron chi connectivity index (χ1n) is 4.91. The Morgan fingerprint density at radius 1 is 1.06 bits per heavy atom. The number of hydrogen-bond donors (Lipinski definition) is 1. The molecule has 0 unspecified atom stereocenters. The molecule has 0 aliphatic carbocycles. The zero-order valence-corrected chi connectivity index (χ0v) is 10.1. The van der Waals surface area contributed by atoms with Crippen LogP contribution >= 0.6 is 23.4 Å². The molecule has 2 rings (SSSR count). The predicted octanol–water partition coefficient (Wildman–Crippen LogP) is 4.34. The summed E-state index contributed by atoms with van der Waals surface area (Å²) < 4.78 is 0. The van der Waals surface area contributed by atoms with E-state index in [0.29, 0.717) is 5.75 Å². The maximum absolute atomic E-state index is 9.60. The minimum Gasteiger partial charge on any atom is -0.507 e. The van der Waals surface area contributed by atoms with Gasteiger partial charge in [-0.25, -0.2) is 0 Å². The van der Waals surface area contributed by atoms with Crippen molar-refractivity contribution in [2.45, 2.75) is 10.6 Å². The largest absolute Gasteiger partial charge is 0.507 e. The fourth-order valence-corrected chi connectivity index (χ4v) is 2.47. The van der Waals surface area contributed by atoms with Crippen molar-refractivity contribution in [2.24, 2.45) is 0 Å². The van der Waals surface area contributed by atoms with Crippen molar-refractivity contribution in [2.75, 3.05) is 0 Å². The minimum absolute atomic E-state index is 0.328.